The van der Waals surface area contributed by atoms with E-state index >= 15 is 0 Å². The van der Waals surface area contributed by atoms with E-state index in [9.17, 15) is 19.9 Å². The van der Waals surface area contributed by atoms with E-state index in [0.29, 0.717) is 16.6 Å². The molecule has 1 heterocycles. The average molecular weight is 504 g/mol. The first-order valence-electron chi connectivity index (χ1n) is 11.1. The first kappa shape index (κ1) is 29.3. The fraction of sp³-hybridized carbons (Fsp3) is 0.857. The van der Waals surface area contributed by atoms with Crippen LogP contribution in [0.15, 0.2) is 5.11 Å². The van der Waals surface area contributed by atoms with Crippen LogP contribution in [0.25, 0.3) is 10.4 Å². The van der Waals surface area contributed by atoms with Crippen molar-refractivity contribution in [3.8, 4) is 0 Å². The van der Waals surface area contributed by atoms with Crippen molar-refractivity contribution in [3.05, 3.63) is 10.4 Å². The van der Waals surface area contributed by atoms with Gasteiger partial charge in [0.2, 0.25) is 0 Å². The Morgan fingerprint density at radius 1 is 0.939 bits per heavy atom. The number of esters is 3. The average Bonchev–Trinajstić information content (AvgIpc) is 2.67. The molecule has 0 aromatic heterocycles. The number of rotatable bonds is 10. The van der Waals surface area contributed by atoms with Gasteiger partial charge >= 0.3 is 17.9 Å². The van der Waals surface area contributed by atoms with Crippen molar-refractivity contribution in [2.45, 2.75) is 109 Å². The van der Waals surface area contributed by atoms with E-state index in [4.69, 9.17) is 18.9 Å². The molecule has 1 rings (SSSR count). The molecule has 1 saturated heterocycles. The summed E-state index contributed by atoms with van der Waals surface area (Å²) >= 11 is 1.65. The molecular weight excluding hydrogens is 466 g/mol. The molecule has 0 N–H and O–H groups in total. The van der Waals surface area contributed by atoms with E-state index < -0.39 is 54.9 Å². The molecule has 0 aromatic carbocycles. The fourth-order valence-electron chi connectivity index (χ4n) is 4.78. The number of hydrogen-bond donors (Lipinski definition) is 0. The van der Waals surface area contributed by atoms with Crippen LogP contribution >= 0.6 is 11.2 Å². The van der Waals surface area contributed by atoms with Gasteiger partial charge in [0.15, 0.2) is 0 Å². The van der Waals surface area contributed by atoms with Crippen molar-refractivity contribution >= 4 is 36.3 Å². The highest BCUT2D eigenvalue weighted by atomic mass is 32.4. The molecule has 0 unspecified atom stereocenters. The topological polar surface area (TPSA) is 137 Å². The minimum Gasteiger partial charge on any atom is -0.463 e. The van der Waals surface area contributed by atoms with E-state index in [1.54, 1.807) is 11.2 Å². The van der Waals surface area contributed by atoms with Crippen LogP contribution in [0.1, 0.15) is 62.3 Å². The van der Waals surface area contributed by atoms with Gasteiger partial charge in [-0.1, -0.05) is 46.7 Å². The Morgan fingerprint density at radius 3 is 1.82 bits per heavy atom. The van der Waals surface area contributed by atoms with E-state index in [1.165, 1.54) is 20.8 Å². The second-order valence-corrected chi connectivity index (χ2v) is 17.8. The Bertz CT molecular complexity index is 736. The summed E-state index contributed by atoms with van der Waals surface area (Å²) in [4.78, 5) is 38.2. The predicted molar refractivity (Wildman–Crippen MR) is 128 cm³/mol. The van der Waals surface area contributed by atoms with Gasteiger partial charge in [0.25, 0.3) is 0 Å². The zero-order valence-electron chi connectivity index (χ0n) is 20.9. The summed E-state index contributed by atoms with van der Waals surface area (Å²) in [6.45, 7) is 16.7. The number of hydrogen-bond acceptors (Lipinski definition) is 9. The van der Waals surface area contributed by atoms with Crippen LogP contribution in [0, 0.1) is 0 Å². The number of azide groups is 1. The van der Waals surface area contributed by atoms with E-state index in [2.05, 4.69) is 51.6 Å². The molecule has 188 valence electrons. The first-order valence-corrected chi connectivity index (χ1v) is 15.0. The molecule has 0 saturated carbocycles. The molecule has 1 fully saturated rings. The molecule has 1 aliphatic rings. The van der Waals surface area contributed by atoms with Crippen LogP contribution in [0.3, 0.4) is 0 Å². The smallest absolute Gasteiger partial charge is 0.303 e. The van der Waals surface area contributed by atoms with Crippen molar-refractivity contribution in [1.82, 2.24) is 0 Å². The molecule has 33 heavy (non-hydrogen) atoms. The van der Waals surface area contributed by atoms with Gasteiger partial charge in [-0.15, -0.1) is 0 Å². The largest absolute Gasteiger partial charge is 0.463 e. The number of carbonyl (C=O) groups is 3. The maximum absolute atomic E-state index is 12.0. The fourth-order valence-corrected chi connectivity index (χ4v) is 14.8. The lowest BCUT2D eigenvalue weighted by atomic mass is 9.97. The molecule has 0 aliphatic carbocycles. The lowest BCUT2D eigenvalue weighted by molar-refractivity contribution is -0.200. The van der Waals surface area contributed by atoms with Crippen molar-refractivity contribution in [2.75, 3.05) is 6.61 Å². The Morgan fingerprint density at radius 2 is 1.42 bits per heavy atom. The summed E-state index contributed by atoms with van der Waals surface area (Å²) in [7, 11) is -2.14. The molecule has 0 aromatic rings. The number of ether oxygens (including phenoxy) is 4. The Kier molecular flexibility index (Phi) is 11.2. The van der Waals surface area contributed by atoms with Crippen molar-refractivity contribution in [2.24, 2.45) is 5.11 Å². The third kappa shape index (κ3) is 7.36. The van der Waals surface area contributed by atoms with Gasteiger partial charge in [-0.25, -0.2) is 0 Å². The number of nitrogens with zero attached hydrogens (tertiary/aromatic N) is 3. The zero-order valence-corrected chi connectivity index (χ0v) is 22.8. The Labute approximate surface area is 200 Å². The molecule has 0 radical (unpaired) electrons. The second kappa shape index (κ2) is 12.6. The highest BCUT2D eigenvalue weighted by molar-refractivity contribution is 8.29. The minimum atomic E-state index is -2.14. The molecule has 1 aliphatic heterocycles. The Balaban J connectivity index is 3.59. The van der Waals surface area contributed by atoms with Gasteiger partial charge < -0.3 is 18.9 Å². The molecule has 12 heteroatoms. The first-order chi connectivity index (χ1) is 15.3. The third-order valence-corrected chi connectivity index (χ3v) is 18.5. The standard InChI is InChI=1S/C21H37N3O7SSi/c1-11(2)33(12(3)4,13(5)6)32-21-20(30-16(9)27)18(23-24-22)19(29-15(8)26)17(31-21)10-28-14(7)25/h11-13,17-21H,10H2,1-9H3/t17-,18+,19+,20-,21+/m1/s1. The zero-order chi connectivity index (χ0) is 25.5. The van der Waals surface area contributed by atoms with E-state index in [-0.39, 0.29) is 6.61 Å². The maximum atomic E-state index is 12.0. The lowest BCUT2D eigenvalue weighted by Crippen LogP contribution is -2.61. The van der Waals surface area contributed by atoms with Crippen molar-refractivity contribution in [3.63, 3.8) is 0 Å². The molecule has 10 nitrogen and oxygen atoms in total. The second-order valence-electron chi connectivity index (χ2n) is 9.12. The molecule has 0 spiro atoms. The highest BCUT2D eigenvalue weighted by Gasteiger charge is 2.54. The summed E-state index contributed by atoms with van der Waals surface area (Å²) in [5, 5.41) is 3.85. The van der Waals surface area contributed by atoms with Crippen molar-refractivity contribution < 1.29 is 33.3 Å². The molecule has 5 atom stereocenters. The Hall–Kier alpha value is -1.75. The highest BCUT2D eigenvalue weighted by Crippen LogP contribution is 2.53. The van der Waals surface area contributed by atoms with Gasteiger partial charge in [0.1, 0.15) is 43.6 Å². The molecular formula is C21H37N3O7SSi. The van der Waals surface area contributed by atoms with Crippen LogP contribution in [0.4, 0.5) is 0 Å². The minimum absolute atomic E-state index is 0.200. The monoisotopic (exact) mass is 503 g/mol. The van der Waals surface area contributed by atoms with Crippen LogP contribution in [-0.2, 0) is 33.3 Å². The summed E-state index contributed by atoms with van der Waals surface area (Å²) in [6.07, 6.45) is -2.97. The van der Waals surface area contributed by atoms with Crippen LogP contribution in [0.2, 0.25) is 16.6 Å². The summed E-state index contributed by atoms with van der Waals surface area (Å²) < 4.78 is 22.5. The SMILES string of the molecule is CC(=O)OC[C@H]1O[C@@H](S[Si](C(C)C)(C(C)C)C(C)C)[C@H](OC(C)=O)[C@@H](N=[N+]=[N-])[C@H]1OC(C)=O. The van der Waals surface area contributed by atoms with Gasteiger partial charge in [0.05, 0.1) is 0 Å². The van der Waals surface area contributed by atoms with Gasteiger partial charge in [-0.3, -0.25) is 14.4 Å². The summed E-state index contributed by atoms with van der Waals surface area (Å²) in [5.74, 6) is -1.72. The predicted octanol–water partition coefficient (Wildman–Crippen LogP) is 4.73. The van der Waals surface area contributed by atoms with Gasteiger partial charge in [-0.2, -0.15) is 11.2 Å². The van der Waals surface area contributed by atoms with Crippen LogP contribution < -0.4 is 0 Å². The summed E-state index contributed by atoms with van der Waals surface area (Å²) in [5.41, 5.74) is 9.65. The van der Waals surface area contributed by atoms with Gasteiger partial charge in [-0.05, 0) is 22.2 Å². The molecule has 0 amide bonds. The van der Waals surface area contributed by atoms with Gasteiger partial charge in [0, 0.05) is 25.7 Å². The van der Waals surface area contributed by atoms with E-state index in [1.807, 2.05) is 0 Å². The number of carbonyl (C=O) groups excluding carboxylic acids is 3. The summed E-state index contributed by atoms with van der Waals surface area (Å²) in [6, 6.07) is -1.05. The van der Waals surface area contributed by atoms with Crippen molar-refractivity contribution in [1.29, 1.82) is 0 Å². The maximum Gasteiger partial charge on any atom is 0.303 e. The van der Waals surface area contributed by atoms with E-state index in [0.717, 1.165) is 0 Å². The lowest BCUT2D eigenvalue weighted by Gasteiger charge is -2.49. The third-order valence-electron chi connectivity index (χ3n) is 5.88. The van der Waals surface area contributed by atoms with Crippen LogP contribution in [-0.4, -0.2) is 61.5 Å². The molecule has 0 bridgehead atoms. The quantitative estimate of drug-likeness (QED) is 0.104. The van der Waals surface area contributed by atoms with Crippen LogP contribution in [0.5, 0.6) is 0 Å². The normalized spacial score (nSPS) is 25.5.